The number of hydrogen-bond acceptors (Lipinski definition) is 4. The predicted molar refractivity (Wildman–Crippen MR) is 74.1 cm³/mol. The lowest BCUT2D eigenvalue weighted by atomic mass is 10.3. The number of aryl methyl sites for hydroxylation is 2. The van der Waals surface area contributed by atoms with Gasteiger partial charge in [-0.15, -0.1) is 0 Å². The number of ether oxygens (including phenoxy) is 1. The Bertz CT molecular complexity index is 551. The maximum Gasteiger partial charge on any atom is 0.143 e. The first-order valence-corrected chi connectivity index (χ1v) is 6.62. The minimum Gasteiger partial charge on any atom is -0.492 e. The average Bonchev–Trinajstić information content (AvgIpc) is 2.62. The SMILES string of the molecule is CCOc1cc(Sc2cc(C)nn2C)ccc1N. The molecule has 0 saturated carbocycles. The van der Waals surface area contributed by atoms with E-state index >= 15 is 0 Å². The molecule has 5 heteroatoms. The van der Waals surface area contributed by atoms with Crippen LogP contribution in [0, 0.1) is 6.92 Å². The molecule has 0 amide bonds. The smallest absolute Gasteiger partial charge is 0.143 e. The quantitative estimate of drug-likeness (QED) is 0.862. The van der Waals surface area contributed by atoms with Crippen LogP contribution in [0.15, 0.2) is 34.2 Å². The van der Waals surface area contributed by atoms with Crippen molar-refractivity contribution in [2.75, 3.05) is 12.3 Å². The molecule has 2 aromatic rings. The van der Waals surface area contributed by atoms with Crippen molar-refractivity contribution in [1.82, 2.24) is 9.78 Å². The van der Waals surface area contributed by atoms with Crippen LogP contribution in [0.1, 0.15) is 12.6 Å². The second-order valence-corrected chi connectivity index (χ2v) is 5.08. The van der Waals surface area contributed by atoms with Gasteiger partial charge in [-0.2, -0.15) is 5.10 Å². The maximum atomic E-state index is 5.85. The molecule has 0 radical (unpaired) electrons. The molecule has 0 aliphatic carbocycles. The monoisotopic (exact) mass is 263 g/mol. The molecule has 18 heavy (non-hydrogen) atoms. The van der Waals surface area contributed by atoms with Gasteiger partial charge in [-0.3, -0.25) is 4.68 Å². The summed E-state index contributed by atoms with van der Waals surface area (Å²) < 4.78 is 7.36. The van der Waals surface area contributed by atoms with E-state index in [9.17, 15) is 0 Å². The molecule has 4 nitrogen and oxygen atoms in total. The van der Waals surface area contributed by atoms with Gasteiger partial charge in [0.1, 0.15) is 5.75 Å². The third kappa shape index (κ3) is 2.79. The van der Waals surface area contributed by atoms with Crippen molar-refractivity contribution in [3.63, 3.8) is 0 Å². The van der Waals surface area contributed by atoms with E-state index in [1.165, 1.54) is 0 Å². The molecule has 0 fully saturated rings. The van der Waals surface area contributed by atoms with E-state index < -0.39 is 0 Å². The van der Waals surface area contributed by atoms with Crippen molar-refractivity contribution in [3.8, 4) is 5.75 Å². The minimum atomic E-state index is 0.614. The van der Waals surface area contributed by atoms with Gasteiger partial charge in [-0.25, -0.2) is 0 Å². The van der Waals surface area contributed by atoms with E-state index in [2.05, 4.69) is 11.2 Å². The summed E-state index contributed by atoms with van der Waals surface area (Å²) in [6.45, 7) is 4.55. The first kappa shape index (κ1) is 12.8. The number of aromatic nitrogens is 2. The summed E-state index contributed by atoms with van der Waals surface area (Å²) in [4.78, 5) is 1.09. The van der Waals surface area contributed by atoms with Gasteiger partial charge in [0, 0.05) is 11.9 Å². The summed E-state index contributed by atoms with van der Waals surface area (Å²) in [6, 6.07) is 7.88. The summed E-state index contributed by atoms with van der Waals surface area (Å²) in [5, 5.41) is 5.42. The molecule has 1 aromatic heterocycles. The fourth-order valence-corrected chi connectivity index (χ4v) is 2.61. The van der Waals surface area contributed by atoms with E-state index in [0.29, 0.717) is 12.3 Å². The predicted octanol–water partition coefficient (Wildman–Crippen LogP) is 2.86. The lowest BCUT2D eigenvalue weighted by molar-refractivity contribution is 0.341. The molecule has 2 N–H and O–H groups in total. The molecule has 2 rings (SSSR count). The lowest BCUT2D eigenvalue weighted by Crippen LogP contribution is -1.97. The van der Waals surface area contributed by atoms with Crippen LogP contribution < -0.4 is 10.5 Å². The van der Waals surface area contributed by atoms with E-state index in [1.54, 1.807) is 11.8 Å². The number of benzene rings is 1. The summed E-state index contributed by atoms with van der Waals surface area (Å²) in [6.07, 6.45) is 0. The van der Waals surface area contributed by atoms with E-state index in [1.807, 2.05) is 43.8 Å². The number of anilines is 1. The van der Waals surface area contributed by atoms with E-state index in [0.717, 1.165) is 21.4 Å². The van der Waals surface area contributed by atoms with Crippen molar-refractivity contribution in [2.45, 2.75) is 23.8 Å². The Morgan fingerprint density at radius 3 is 2.78 bits per heavy atom. The average molecular weight is 263 g/mol. The van der Waals surface area contributed by atoms with Gasteiger partial charge < -0.3 is 10.5 Å². The molecule has 96 valence electrons. The van der Waals surface area contributed by atoms with Gasteiger partial charge in [-0.1, -0.05) is 11.8 Å². The topological polar surface area (TPSA) is 53.1 Å². The van der Waals surface area contributed by atoms with Crippen LogP contribution in [-0.4, -0.2) is 16.4 Å². The van der Waals surface area contributed by atoms with Crippen LogP contribution in [0.3, 0.4) is 0 Å². The van der Waals surface area contributed by atoms with Crippen molar-refractivity contribution in [1.29, 1.82) is 0 Å². The molecular weight excluding hydrogens is 246 g/mol. The van der Waals surface area contributed by atoms with E-state index in [-0.39, 0.29) is 0 Å². The molecule has 0 atom stereocenters. The molecule has 0 saturated heterocycles. The second-order valence-electron chi connectivity index (χ2n) is 3.98. The van der Waals surface area contributed by atoms with Crippen LogP contribution in [0.5, 0.6) is 5.75 Å². The highest BCUT2D eigenvalue weighted by Crippen LogP contribution is 2.33. The molecule has 1 aromatic carbocycles. The van der Waals surface area contributed by atoms with Crippen molar-refractivity contribution in [3.05, 3.63) is 30.0 Å². The zero-order chi connectivity index (χ0) is 13.1. The van der Waals surface area contributed by atoms with Crippen LogP contribution >= 0.6 is 11.8 Å². The Labute approximate surface area is 111 Å². The standard InChI is InChI=1S/C13H17N3OS/c1-4-17-12-8-10(5-6-11(12)14)18-13-7-9(2)15-16(13)3/h5-8H,4,14H2,1-3H3. The van der Waals surface area contributed by atoms with Crippen LogP contribution in [0.4, 0.5) is 5.69 Å². The number of nitrogens with zero attached hydrogens (tertiary/aromatic N) is 2. The third-order valence-electron chi connectivity index (χ3n) is 2.47. The highest BCUT2D eigenvalue weighted by Gasteiger charge is 2.07. The fourth-order valence-electron chi connectivity index (χ4n) is 1.66. The number of rotatable bonds is 4. The zero-order valence-corrected chi connectivity index (χ0v) is 11.6. The Balaban J connectivity index is 2.24. The molecule has 0 aliphatic heterocycles. The summed E-state index contributed by atoms with van der Waals surface area (Å²) in [7, 11) is 1.94. The highest BCUT2D eigenvalue weighted by atomic mass is 32.2. The van der Waals surface area contributed by atoms with Gasteiger partial charge in [0.25, 0.3) is 0 Å². The van der Waals surface area contributed by atoms with Crippen molar-refractivity contribution < 1.29 is 4.74 Å². The van der Waals surface area contributed by atoms with Gasteiger partial charge >= 0.3 is 0 Å². The Kier molecular flexibility index (Phi) is 3.81. The molecule has 0 bridgehead atoms. The Morgan fingerprint density at radius 1 is 1.39 bits per heavy atom. The molecule has 0 unspecified atom stereocenters. The van der Waals surface area contributed by atoms with Gasteiger partial charge in [0.05, 0.1) is 23.0 Å². The summed E-state index contributed by atoms with van der Waals surface area (Å²) in [5.74, 6) is 0.737. The van der Waals surface area contributed by atoms with Crippen LogP contribution in [0.25, 0.3) is 0 Å². The highest BCUT2D eigenvalue weighted by molar-refractivity contribution is 7.99. The molecule has 1 heterocycles. The Hall–Kier alpha value is -1.62. The van der Waals surface area contributed by atoms with Crippen molar-refractivity contribution in [2.24, 2.45) is 7.05 Å². The van der Waals surface area contributed by atoms with Gasteiger partial charge in [0.15, 0.2) is 0 Å². The van der Waals surface area contributed by atoms with Crippen LogP contribution in [0.2, 0.25) is 0 Å². The zero-order valence-electron chi connectivity index (χ0n) is 10.8. The molecule has 0 spiro atoms. The number of nitrogen functional groups attached to an aromatic ring is 1. The molecule has 0 aliphatic rings. The van der Waals surface area contributed by atoms with Gasteiger partial charge in [-0.05, 0) is 38.1 Å². The van der Waals surface area contributed by atoms with Gasteiger partial charge in [0.2, 0.25) is 0 Å². The van der Waals surface area contributed by atoms with Crippen molar-refractivity contribution >= 4 is 17.4 Å². The minimum absolute atomic E-state index is 0.614. The summed E-state index contributed by atoms with van der Waals surface area (Å²) in [5.41, 5.74) is 7.53. The number of nitrogens with two attached hydrogens (primary N) is 1. The first-order chi connectivity index (χ1) is 8.60. The Morgan fingerprint density at radius 2 is 2.17 bits per heavy atom. The lowest BCUT2D eigenvalue weighted by Gasteiger charge is -2.08. The second kappa shape index (κ2) is 5.35. The number of hydrogen-bond donors (Lipinski definition) is 1. The largest absolute Gasteiger partial charge is 0.492 e. The first-order valence-electron chi connectivity index (χ1n) is 5.81. The normalized spacial score (nSPS) is 10.6. The molecular formula is C13H17N3OS. The van der Waals surface area contributed by atoms with E-state index in [4.69, 9.17) is 10.5 Å². The fraction of sp³-hybridized carbons (Fsp3) is 0.308. The van der Waals surface area contributed by atoms with Crippen LogP contribution in [-0.2, 0) is 7.05 Å². The maximum absolute atomic E-state index is 5.85. The summed E-state index contributed by atoms with van der Waals surface area (Å²) >= 11 is 1.65. The third-order valence-corrected chi connectivity index (χ3v) is 3.55.